The lowest BCUT2D eigenvalue weighted by Gasteiger charge is -2.25. The van der Waals surface area contributed by atoms with Gasteiger partial charge in [-0.3, -0.25) is 4.79 Å². The molecule has 0 aliphatic rings. The fraction of sp³-hybridized carbons (Fsp3) is 0.381. The predicted octanol–water partition coefficient (Wildman–Crippen LogP) is 3.71. The van der Waals surface area contributed by atoms with Crippen molar-refractivity contribution in [2.75, 3.05) is 20.6 Å². The van der Waals surface area contributed by atoms with Gasteiger partial charge in [0.25, 0.3) is 0 Å². The van der Waals surface area contributed by atoms with Crippen LogP contribution < -0.4 is 5.32 Å². The molecule has 2 heterocycles. The van der Waals surface area contributed by atoms with Crippen LogP contribution in [0.25, 0.3) is 10.7 Å². The van der Waals surface area contributed by atoms with Crippen molar-refractivity contribution in [2.45, 2.75) is 32.2 Å². The van der Waals surface area contributed by atoms with Crippen molar-refractivity contribution in [2.24, 2.45) is 0 Å². The number of aryl methyl sites for hydroxylation is 2. The molecule has 3 aromatic rings. The summed E-state index contributed by atoms with van der Waals surface area (Å²) >= 11 is 1.56. The quantitative estimate of drug-likeness (QED) is 0.595. The number of nitrogens with one attached hydrogen (secondary N) is 1. The number of thiophene rings is 1. The minimum absolute atomic E-state index is 0.0205. The Kier molecular flexibility index (Phi) is 6.95. The van der Waals surface area contributed by atoms with Gasteiger partial charge in [-0.05, 0) is 43.1 Å². The number of rotatable bonds is 9. The molecular weight excluding hydrogens is 372 g/mol. The summed E-state index contributed by atoms with van der Waals surface area (Å²) in [6.07, 6.45) is 1.77. The average molecular weight is 399 g/mol. The standard InChI is InChI=1S/C21H26N4O2S/c1-4-15-7-9-16(10-8-15)17(25(2)3)14-22-19(26)11-12-20-23-21(24-27-20)18-6-5-13-28-18/h5-10,13,17H,4,11-12,14H2,1-3H3,(H,22,26). The largest absolute Gasteiger partial charge is 0.354 e. The zero-order chi connectivity index (χ0) is 19.9. The number of aromatic nitrogens is 2. The van der Waals surface area contributed by atoms with Crippen LogP contribution in [0.5, 0.6) is 0 Å². The maximum Gasteiger partial charge on any atom is 0.227 e. The predicted molar refractivity (Wildman–Crippen MR) is 111 cm³/mol. The Labute approximate surface area is 169 Å². The first-order valence-corrected chi connectivity index (χ1v) is 10.3. The molecule has 28 heavy (non-hydrogen) atoms. The van der Waals surface area contributed by atoms with Gasteiger partial charge in [0.05, 0.1) is 10.9 Å². The summed E-state index contributed by atoms with van der Waals surface area (Å²) < 4.78 is 5.25. The topological polar surface area (TPSA) is 71.3 Å². The van der Waals surface area contributed by atoms with Crippen molar-refractivity contribution in [1.82, 2.24) is 20.4 Å². The average Bonchev–Trinajstić information content (AvgIpc) is 3.38. The van der Waals surface area contributed by atoms with Crippen molar-refractivity contribution in [3.05, 3.63) is 58.8 Å². The van der Waals surface area contributed by atoms with Crippen LogP contribution in [0, 0.1) is 0 Å². The second-order valence-electron chi connectivity index (χ2n) is 6.87. The molecule has 0 fully saturated rings. The Morgan fingerprint density at radius 3 is 2.68 bits per heavy atom. The summed E-state index contributed by atoms with van der Waals surface area (Å²) in [4.78, 5) is 19.7. The molecule has 1 aromatic carbocycles. The highest BCUT2D eigenvalue weighted by atomic mass is 32.1. The second kappa shape index (κ2) is 9.61. The van der Waals surface area contributed by atoms with E-state index in [0.29, 0.717) is 31.1 Å². The fourth-order valence-corrected chi connectivity index (χ4v) is 3.60. The van der Waals surface area contributed by atoms with Crippen molar-refractivity contribution < 1.29 is 9.32 Å². The van der Waals surface area contributed by atoms with Gasteiger partial charge < -0.3 is 14.7 Å². The van der Waals surface area contributed by atoms with Crippen LogP contribution in [0.4, 0.5) is 0 Å². The molecule has 3 rings (SSSR count). The molecule has 1 N–H and O–H groups in total. The van der Waals surface area contributed by atoms with Crippen LogP contribution in [-0.4, -0.2) is 41.6 Å². The zero-order valence-corrected chi connectivity index (χ0v) is 17.3. The summed E-state index contributed by atoms with van der Waals surface area (Å²) in [6.45, 7) is 2.70. The number of amides is 1. The first-order chi connectivity index (χ1) is 13.6. The summed E-state index contributed by atoms with van der Waals surface area (Å²) in [5.41, 5.74) is 2.51. The van der Waals surface area contributed by atoms with E-state index in [-0.39, 0.29) is 11.9 Å². The fourth-order valence-electron chi connectivity index (χ4n) is 2.96. The highest BCUT2D eigenvalue weighted by Crippen LogP contribution is 2.21. The number of carbonyl (C=O) groups excluding carboxylic acids is 1. The third-order valence-electron chi connectivity index (χ3n) is 4.66. The monoisotopic (exact) mass is 398 g/mol. The van der Waals surface area contributed by atoms with E-state index in [1.807, 2.05) is 31.6 Å². The first-order valence-electron chi connectivity index (χ1n) is 9.45. The minimum Gasteiger partial charge on any atom is -0.354 e. The van der Waals surface area contributed by atoms with E-state index in [9.17, 15) is 4.79 Å². The van der Waals surface area contributed by atoms with E-state index in [4.69, 9.17) is 4.52 Å². The van der Waals surface area contributed by atoms with Gasteiger partial charge in [0.2, 0.25) is 17.6 Å². The SMILES string of the molecule is CCc1ccc(C(CNC(=O)CCc2nc(-c3cccs3)no2)N(C)C)cc1. The van der Waals surface area contributed by atoms with Crippen molar-refractivity contribution >= 4 is 17.2 Å². The molecule has 0 radical (unpaired) electrons. The van der Waals surface area contributed by atoms with Gasteiger partial charge in [0.15, 0.2) is 0 Å². The molecule has 6 nitrogen and oxygen atoms in total. The highest BCUT2D eigenvalue weighted by molar-refractivity contribution is 7.13. The first kappa shape index (κ1) is 20.2. The van der Waals surface area contributed by atoms with Gasteiger partial charge in [0, 0.05) is 19.4 Å². The molecular formula is C21H26N4O2S. The molecule has 0 spiro atoms. The molecule has 7 heteroatoms. The second-order valence-corrected chi connectivity index (χ2v) is 7.82. The molecule has 0 aliphatic heterocycles. The summed E-state index contributed by atoms with van der Waals surface area (Å²) in [5.74, 6) is 1.04. The minimum atomic E-state index is -0.0205. The van der Waals surface area contributed by atoms with Crippen LogP contribution in [0.2, 0.25) is 0 Å². The number of carbonyl (C=O) groups is 1. The molecule has 0 aliphatic carbocycles. The van der Waals surface area contributed by atoms with E-state index in [2.05, 4.69) is 51.5 Å². The number of hydrogen-bond donors (Lipinski definition) is 1. The van der Waals surface area contributed by atoms with Gasteiger partial charge in [-0.1, -0.05) is 42.4 Å². The third-order valence-corrected chi connectivity index (χ3v) is 5.53. The maximum absolute atomic E-state index is 12.3. The van der Waals surface area contributed by atoms with Crippen LogP contribution in [0.1, 0.15) is 36.4 Å². The Morgan fingerprint density at radius 1 is 1.25 bits per heavy atom. The Hall–Kier alpha value is -2.51. The number of likely N-dealkylation sites (N-methyl/N-ethyl adjacent to an activating group) is 1. The van der Waals surface area contributed by atoms with Crippen molar-refractivity contribution in [1.29, 1.82) is 0 Å². The van der Waals surface area contributed by atoms with Gasteiger partial charge in [-0.15, -0.1) is 11.3 Å². The summed E-state index contributed by atoms with van der Waals surface area (Å²) in [6, 6.07) is 12.6. The molecule has 1 atom stereocenters. The molecule has 0 saturated carbocycles. The van der Waals surface area contributed by atoms with Gasteiger partial charge in [-0.25, -0.2) is 0 Å². The smallest absolute Gasteiger partial charge is 0.227 e. The lowest BCUT2D eigenvalue weighted by atomic mass is 10.0. The Bertz CT molecular complexity index is 872. The molecule has 2 aromatic heterocycles. The normalized spacial score (nSPS) is 12.3. The van der Waals surface area contributed by atoms with Gasteiger partial charge in [-0.2, -0.15) is 4.98 Å². The van der Waals surface area contributed by atoms with Crippen LogP contribution in [-0.2, 0) is 17.6 Å². The molecule has 148 valence electrons. The lowest BCUT2D eigenvalue weighted by molar-refractivity contribution is -0.121. The number of nitrogens with zero attached hydrogens (tertiary/aromatic N) is 3. The molecule has 1 unspecified atom stereocenters. The van der Waals surface area contributed by atoms with Crippen LogP contribution in [0.15, 0.2) is 46.3 Å². The van der Waals surface area contributed by atoms with E-state index in [1.165, 1.54) is 11.1 Å². The Morgan fingerprint density at radius 2 is 2.04 bits per heavy atom. The summed E-state index contributed by atoms with van der Waals surface area (Å²) in [7, 11) is 4.05. The third kappa shape index (κ3) is 5.27. The zero-order valence-electron chi connectivity index (χ0n) is 16.5. The van der Waals surface area contributed by atoms with E-state index in [0.717, 1.165) is 11.3 Å². The molecule has 1 amide bonds. The van der Waals surface area contributed by atoms with Crippen molar-refractivity contribution in [3.63, 3.8) is 0 Å². The van der Waals surface area contributed by atoms with Crippen molar-refractivity contribution in [3.8, 4) is 10.7 Å². The van der Waals surface area contributed by atoms with Gasteiger partial charge in [0.1, 0.15) is 0 Å². The summed E-state index contributed by atoms with van der Waals surface area (Å²) in [5, 5.41) is 8.97. The van der Waals surface area contributed by atoms with E-state index in [1.54, 1.807) is 11.3 Å². The highest BCUT2D eigenvalue weighted by Gasteiger charge is 2.16. The van der Waals surface area contributed by atoms with Gasteiger partial charge >= 0.3 is 0 Å². The van der Waals surface area contributed by atoms with E-state index < -0.39 is 0 Å². The lowest BCUT2D eigenvalue weighted by Crippen LogP contribution is -2.34. The van der Waals surface area contributed by atoms with E-state index >= 15 is 0 Å². The Balaban J connectivity index is 1.50. The molecule has 0 bridgehead atoms. The maximum atomic E-state index is 12.3. The number of hydrogen-bond acceptors (Lipinski definition) is 6. The number of benzene rings is 1. The van der Waals surface area contributed by atoms with Crippen LogP contribution >= 0.6 is 11.3 Å². The molecule has 0 saturated heterocycles. The van der Waals surface area contributed by atoms with Crippen LogP contribution in [0.3, 0.4) is 0 Å².